The van der Waals surface area contributed by atoms with Gasteiger partial charge in [-0.2, -0.15) is 0 Å². The second-order valence-corrected chi connectivity index (χ2v) is 5.62. The van der Waals surface area contributed by atoms with E-state index in [1.165, 1.54) is 12.1 Å². The van der Waals surface area contributed by atoms with Crippen LogP contribution in [0.25, 0.3) is 0 Å². The second kappa shape index (κ2) is 8.12. The molecular formula is C19H19NO5. The average Bonchev–Trinajstić information content (AvgIpc) is 2.56. The fourth-order valence-electron chi connectivity index (χ4n) is 2.24. The number of hydrogen-bond acceptors (Lipinski definition) is 5. The van der Waals surface area contributed by atoms with Crippen LogP contribution in [0, 0.1) is 6.92 Å². The van der Waals surface area contributed by atoms with Gasteiger partial charge < -0.3 is 20.7 Å². The molecule has 0 fully saturated rings. The summed E-state index contributed by atoms with van der Waals surface area (Å²) in [5, 5.41) is 18.4. The van der Waals surface area contributed by atoms with Gasteiger partial charge in [0.1, 0.15) is 0 Å². The smallest absolute Gasteiger partial charge is 0.336 e. The van der Waals surface area contributed by atoms with E-state index in [1.807, 2.05) is 31.2 Å². The van der Waals surface area contributed by atoms with Gasteiger partial charge in [0.05, 0.1) is 0 Å². The van der Waals surface area contributed by atoms with Gasteiger partial charge in [-0.3, -0.25) is 0 Å². The summed E-state index contributed by atoms with van der Waals surface area (Å²) in [6, 6.07) is 12.3. The number of phenolic OH excluding ortho intramolecular Hbond substituents is 1. The van der Waals surface area contributed by atoms with Gasteiger partial charge in [0.2, 0.25) is 0 Å². The van der Waals surface area contributed by atoms with Gasteiger partial charge >= 0.3 is 11.9 Å². The Kier molecular flexibility index (Phi) is 5.92. The van der Waals surface area contributed by atoms with Crippen molar-refractivity contribution in [2.75, 3.05) is 0 Å². The summed E-state index contributed by atoms with van der Waals surface area (Å²) in [7, 11) is 0. The Labute approximate surface area is 145 Å². The monoisotopic (exact) mass is 341 g/mol. The molecule has 0 aliphatic heterocycles. The Bertz CT molecular complexity index is 796. The Morgan fingerprint density at radius 1 is 1.16 bits per heavy atom. The van der Waals surface area contributed by atoms with E-state index in [1.54, 1.807) is 6.07 Å². The molecule has 1 unspecified atom stereocenters. The lowest BCUT2D eigenvalue weighted by Gasteiger charge is -2.13. The molecule has 25 heavy (non-hydrogen) atoms. The number of carbonyl (C=O) groups excluding carboxylic acids is 1. The van der Waals surface area contributed by atoms with Gasteiger partial charge in [-0.15, -0.1) is 0 Å². The van der Waals surface area contributed by atoms with E-state index in [2.05, 4.69) is 0 Å². The molecule has 2 rings (SSSR count). The van der Waals surface area contributed by atoms with Crippen LogP contribution in [-0.4, -0.2) is 22.2 Å². The number of carboxylic acids is 1. The maximum absolute atomic E-state index is 11.4. The molecule has 0 aromatic heterocycles. The van der Waals surface area contributed by atoms with Crippen LogP contribution < -0.4 is 10.5 Å². The van der Waals surface area contributed by atoms with Crippen LogP contribution in [0.5, 0.6) is 11.5 Å². The second-order valence-electron chi connectivity index (χ2n) is 5.62. The number of rotatable bonds is 6. The minimum atomic E-state index is -1.26. The van der Waals surface area contributed by atoms with E-state index in [0.29, 0.717) is 12.5 Å². The molecule has 2 aromatic carbocycles. The van der Waals surface area contributed by atoms with Crippen molar-refractivity contribution in [3.8, 4) is 11.5 Å². The quantitative estimate of drug-likeness (QED) is 0.423. The first-order valence-corrected chi connectivity index (χ1v) is 7.62. The largest absolute Gasteiger partial charge is 0.504 e. The summed E-state index contributed by atoms with van der Waals surface area (Å²) in [4.78, 5) is 21.8. The summed E-state index contributed by atoms with van der Waals surface area (Å²) in [5.74, 6) is -2.42. The molecule has 130 valence electrons. The standard InChI is InChI=1S/C19H19NO5/c1-12-2-5-14(6-3-12)15(20)10-13-4-7-17(16(21)11-13)25-19(24)9-8-18(22)23/h2-9,11,15,21H,10,20H2,1H3,(H,22,23)/b9-8+. The predicted octanol–water partition coefficient (Wildman–Crippen LogP) is 2.49. The molecule has 0 heterocycles. The highest BCUT2D eigenvalue weighted by molar-refractivity contribution is 5.91. The fraction of sp³-hybridized carbons (Fsp3) is 0.158. The number of aliphatic carboxylic acids is 1. The number of phenols is 1. The van der Waals surface area contributed by atoms with Crippen LogP contribution in [-0.2, 0) is 16.0 Å². The molecule has 0 saturated heterocycles. The van der Waals surface area contributed by atoms with Crippen molar-refractivity contribution >= 4 is 11.9 Å². The zero-order valence-electron chi connectivity index (χ0n) is 13.7. The highest BCUT2D eigenvalue weighted by Gasteiger charge is 2.11. The zero-order chi connectivity index (χ0) is 18.4. The van der Waals surface area contributed by atoms with Crippen molar-refractivity contribution in [3.63, 3.8) is 0 Å². The van der Waals surface area contributed by atoms with Crippen molar-refractivity contribution in [2.24, 2.45) is 5.73 Å². The van der Waals surface area contributed by atoms with Crippen LogP contribution in [0.4, 0.5) is 0 Å². The summed E-state index contributed by atoms with van der Waals surface area (Å²) in [6.45, 7) is 2.00. The number of aryl methyl sites for hydroxylation is 1. The Balaban J connectivity index is 2.04. The van der Waals surface area contributed by atoms with E-state index in [4.69, 9.17) is 15.6 Å². The van der Waals surface area contributed by atoms with Crippen LogP contribution in [0.15, 0.2) is 54.6 Å². The summed E-state index contributed by atoms with van der Waals surface area (Å²) in [5.41, 5.74) is 9.10. The maximum Gasteiger partial charge on any atom is 0.336 e. The van der Waals surface area contributed by atoms with Gasteiger partial charge in [-0.05, 0) is 36.6 Å². The molecule has 4 N–H and O–H groups in total. The van der Waals surface area contributed by atoms with Crippen molar-refractivity contribution in [3.05, 3.63) is 71.3 Å². The number of carbonyl (C=O) groups is 2. The van der Waals surface area contributed by atoms with Crippen LogP contribution in [0.2, 0.25) is 0 Å². The first-order valence-electron chi connectivity index (χ1n) is 7.62. The lowest BCUT2D eigenvalue weighted by Crippen LogP contribution is -2.13. The first kappa shape index (κ1) is 18.2. The summed E-state index contributed by atoms with van der Waals surface area (Å²) < 4.78 is 4.88. The van der Waals surface area contributed by atoms with Crippen molar-refractivity contribution in [1.29, 1.82) is 0 Å². The van der Waals surface area contributed by atoms with Gasteiger partial charge in [0.25, 0.3) is 0 Å². The highest BCUT2D eigenvalue weighted by atomic mass is 16.5. The molecule has 0 spiro atoms. The van der Waals surface area contributed by atoms with Crippen LogP contribution >= 0.6 is 0 Å². The van der Waals surface area contributed by atoms with E-state index in [9.17, 15) is 14.7 Å². The number of carboxylic acid groups (broad SMARTS) is 1. The normalized spacial score (nSPS) is 12.1. The molecule has 0 aliphatic carbocycles. The number of aromatic hydroxyl groups is 1. The summed E-state index contributed by atoms with van der Waals surface area (Å²) >= 11 is 0. The van der Waals surface area contributed by atoms with Gasteiger partial charge in [0, 0.05) is 18.2 Å². The molecule has 0 radical (unpaired) electrons. The van der Waals surface area contributed by atoms with Crippen molar-refractivity contribution in [1.82, 2.24) is 0 Å². The lowest BCUT2D eigenvalue weighted by molar-refractivity contribution is -0.133. The van der Waals surface area contributed by atoms with E-state index < -0.39 is 11.9 Å². The van der Waals surface area contributed by atoms with Gasteiger partial charge in [-0.25, -0.2) is 9.59 Å². The predicted molar refractivity (Wildman–Crippen MR) is 92.3 cm³/mol. The fourth-order valence-corrected chi connectivity index (χ4v) is 2.24. The van der Waals surface area contributed by atoms with E-state index in [-0.39, 0.29) is 17.5 Å². The highest BCUT2D eigenvalue weighted by Crippen LogP contribution is 2.28. The third kappa shape index (κ3) is 5.47. The van der Waals surface area contributed by atoms with Crippen LogP contribution in [0.1, 0.15) is 22.7 Å². The molecule has 0 aliphatic rings. The minimum absolute atomic E-state index is 0.0484. The third-order valence-electron chi connectivity index (χ3n) is 3.56. The average molecular weight is 341 g/mol. The summed E-state index contributed by atoms with van der Waals surface area (Å²) in [6.07, 6.45) is 1.93. The Hall–Kier alpha value is -3.12. The van der Waals surface area contributed by atoms with E-state index in [0.717, 1.165) is 22.8 Å². The molecule has 1 atom stereocenters. The third-order valence-corrected chi connectivity index (χ3v) is 3.56. The van der Waals surface area contributed by atoms with E-state index >= 15 is 0 Å². The first-order chi connectivity index (χ1) is 11.8. The molecule has 0 amide bonds. The lowest BCUT2D eigenvalue weighted by atomic mass is 9.98. The molecular weight excluding hydrogens is 322 g/mol. The minimum Gasteiger partial charge on any atom is -0.504 e. The molecule has 2 aromatic rings. The SMILES string of the molecule is Cc1ccc(C(N)Cc2ccc(OC(=O)/C=C/C(=O)O)c(O)c2)cc1. The van der Waals surface area contributed by atoms with Gasteiger partial charge in [-0.1, -0.05) is 35.9 Å². The van der Waals surface area contributed by atoms with Crippen molar-refractivity contribution in [2.45, 2.75) is 19.4 Å². The van der Waals surface area contributed by atoms with Crippen molar-refractivity contribution < 1.29 is 24.5 Å². The molecule has 0 bridgehead atoms. The number of ether oxygens (including phenoxy) is 1. The molecule has 6 nitrogen and oxygen atoms in total. The topological polar surface area (TPSA) is 110 Å². The Morgan fingerprint density at radius 3 is 2.44 bits per heavy atom. The number of benzene rings is 2. The maximum atomic E-state index is 11.4. The number of nitrogens with two attached hydrogens (primary N) is 1. The molecule has 0 saturated carbocycles. The van der Waals surface area contributed by atoms with Crippen LogP contribution in [0.3, 0.4) is 0 Å². The Morgan fingerprint density at radius 2 is 1.84 bits per heavy atom. The number of hydrogen-bond donors (Lipinski definition) is 3. The molecule has 6 heteroatoms. The number of esters is 1. The van der Waals surface area contributed by atoms with Gasteiger partial charge in [0.15, 0.2) is 11.5 Å². The zero-order valence-corrected chi connectivity index (χ0v) is 13.7.